The van der Waals surface area contributed by atoms with Gasteiger partial charge in [-0.3, -0.25) is 14.5 Å². The predicted molar refractivity (Wildman–Crippen MR) is 103 cm³/mol. The van der Waals surface area contributed by atoms with Crippen molar-refractivity contribution < 1.29 is 14.4 Å². The molecule has 0 spiro atoms. The molecule has 1 aromatic rings. The van der Waals surface area contributed by atoms with Crippen molar-refractivity contribution in [2.45, 2.75) is 45.1 Å². The van der Waals surface area contributed by atoms with Gasteiger partial charge in [-0.2, -0.15) is 0 Å². The number of carbonyl (C=O) groups is 3. The molecule has 3 rings (SSSR count). The molecule has 0 unspecified atom stereocenters. The molecule has 1 heterocycles. The molecule has 1 N–H and O–H groups in total. The first-order valence-corrected chi connectivity index (χ1v) is 9.64. The number of hydrogen-bond donors (Lipinski definition) is 1. The van der Waals surface area contributed by atoms with Crippen LogP contribution in [0.4, 0.5) is 4.79 Å². The Morgan fingerprint density at radius 3 is 2.56 bits per heavy atom. The molecule has 7 heteroatoms. The molecule has 2 aliphatic rings. The van der Waals surface area contributed by atoms with E-state index in [2.05, 4.69) is 11.4 Å². The zero-order valence-corrected chi connectivity index (χ0v) is 16.4. The second kappa shape index (κ2) is 7.72. The first kappa shape index (κ1) is 19.4. The van der Waals surface area contributed by atoms with Gasteiger partial charge < -0.3 is 10.2 Å². The van der Waals surface area contributed by atoms with Gasteiger partial charge in [0.05, 0.1) is 0 Å². The van der Waals surface area contributed by atoms with E-state index in [0.717, 1.165) is 36.3 Å². The Kier molecular flexibility index (Phi) is 5.56. The number of carbonyl (C=O) groups excluding carboxylic acids is 3. The third-order valence-electron chi connectivity index (χ3n) is 5.22. The lowest BCUT2D eigenvalue weighted by Crippen LogP contribution is -2.44. The van der Waals surface area contributed by atoms with Crippen molar-refractivity contribution in [1.29, 1.82) is 0 Å². The van der Waals surface area contributed by atoms with E-state index >= 15 is 0 Å². The lowest BCUT2D eigenvalue weighted by atomic mass is 9.92. The molecule has 0 aromatic heterocycles. The molecule has 144 valence electrons. The fraction of sp³-hybridized carbons (Fsp3) is 0.450. The van der Waals surface area contributed by atoms with E-state index in [1.165, 1.54) is 0 Å². The van der Waals surface area contributed by atoms with Crippen LogP contribution in [0.1, 0.15) is 45.1 Å². The van der Waals surface area contributed by atoms with Crippen LogP contribution in [-0.4, -0.2) is 40.7 Å². The van der Waals surface area contributed by atoms with Crippen molar-refractivity contribution in [3.8, 4) is 0 Å². The van der Waals surface area contributed by atoms with Gasteiger partial charge in [-0.25, -0.2) is 4.79 Å². The molecule has 0 bridgehead atoms. The van der Waals surface area contributed by atoms with E-state index in [1.807, 2.05) is 6.92 Å². The van der Waals surface area contributed by atoms with Gasteiger partial charge in [0.1, 0.15) is 12.1 Å². The van der Waals surface area contributed by atoms with Crippen LogP contribution in [0.2, 0.25) is 5.02 Å². The smallest absolute Gasteiger partial charge is 0.319 e. The number of halogens is 1. The number of nitrogens with one attached hydrogen (secondary N) is 1. The lowest BCUT2D eigenvalue weighted by Gasteiger charge is -2.28. The van der Waals surface area contributed by atoms with E-state index in [-0.39, 0.29) is 12.5 Å². The minimum Gasteiger partial charge on any atom is -0.319 e. The number of hydrogen-bond acceptors (Lipinski definition) is 3. The maximum atomic E-state index is 13.0. The van der Waals surface area contributed by atoms with Crippen LogP contribution in [0.15, 0.2) is 36.0 Å². The summed E-state index contributed by atoms with van der Waals surface area (Å²) in [5, 5.41) is 3.26. The summed E-state index contributed by atoms with van der Waals surface area (Å²) in [4.78, 5) is 40.9. The monoisotopic (exact) mass is 389 g/mol. The number of rotatable bonds is 5. The number of urea groups is 1. The van der Waals surface area contributed by atoms with Crippen LogP contribution >= 0.6 is 11.6 Å². The second-order valence-electron chi connectivity index (χ2n) is 7.03. The molecular formula is C20H24ClN3O3. The van der Waals surface area contributed by atoms with Crippen LogP contribution < -0.4 is 5.32 Å². The van der Waals surface area contributed by atoms with Crippen LogP contribution in [-0.2, 0) is 15.1 Å². The Morgan fingerprint density at radius 1 is 1.26 bits per heavy atom. The van der Waals surface area contributed by atoms with E-state index in [1.54, 1.807) is 36.1 Å². The maximum Gasteiger partial charge on any atom is 0.325 e. The normalized spacial score (nSPS) is 22.5. The molecule has 0 saturated carbocycles. The quantitative estimate of drug-likeness (QED) is 0.784. The predicted octanol–water partition coefficient (Wildman–Crippen LogP) is 3.41. The fourth-order valence-electron chi connectivity index (χ4n) is 3.65. The highest BCUT2D eigenvalue weighted by atomic mass is 35.5. The molecule has 1 fully saturated rings. The van der Waals surface area contributed by atoms with Crippen molar-refractivity contribution in [3.05, 3.63) is 46.6 Å². The van der Waals surface area contributed by atoms with Gasteiger partial charge in [0, 0.05) is 17.3 Å². The van der Waals surface area contributed by atoms with Crippen LogP contribution in [0.25, 0.3) is 0 Å². The Balaban J connectivity index is 1.78. The molecular weight excluding hydrogens is 366 g/mol. The summed E-state index contributed by atoms with van der Waals surface area (Å²) >= 11 is 5.91. The van der Waals surface area contributed by atoms with Crippen molar-refractivity contribution >= 4 is 29.4 Å². The van der Waals surface area contributed by atoms with Crippen LogP contribution in [0.5, 0.6) is 0 Å². The summed E-state index contributed by atoms with van der Waals surface area (Å²) < 4.78 is 0. The summed E-state index contributed by atoms with van der Waals surface area (Å²) in [5.41, 5.74) is 0.409. The summed E-state index contributed by atoms with van der Waals surface area (Å²) in [6, 6.07) is 6.20. The SMILES string of the molecule is CCN(C(=O)CN1C(=O)N[C@](C)(c2ccc(Cl)cc2)C1=O)C1=CCCCC1. The number of imide groups is 1. The Bertz CT molecular complexity index is 790. The number of benzene rings is 1. The third kappa shape index (κ3) is 3.72. The molecule has 27 heavy (non-hydrogen) atoms. The van der Waals surface area contributed by atoms with Gasteiger partial charge in [0.15, 0.2) is 0 Å². The fourth-order valence-corrected chi connectivity index (χ4v) is 3.77. The van der Waals surface area contributed by atoms with E-state index in [0.29, 0.717) is 17.1 Å². The Morgan fingerprint density at radius 2 is 1.96 bits per heavy atom. The van der Waals surface area contributed by atoms with Gasteiger partial charge in [-0.05, 0) is 57.2 Å². The van der Waals surface area contributed by atoms with Gasteiger partial charge in [-0.15, -0.1) is 0 Å². The van der Waals surface area contributed by atoms with E-state index in [9.17, 15) is 14.4 Å². The zero-order valence-electron chi connectivity index (χ0n) is 15.6. The van der Waals surface area contributed by atoms with Gasteiger partial charge >= 0.3 is 6.03 Å². The van der Waals surface area contributed by atoms with Crippen molar-refractivity contribution in [2.75, 3.05) is 13.1 Å². The molecule has 0 radical (unpaired) electrons. The Labute approximate surface area is 164 Å². The topological polar surface area (TPSA) is 69.7 Å². The molecule has 1 aromatic carbocycles. The third-order valence-corrected chi connectivity index (χ3v) is 5.47. The van der Waals surface area contributed by atoms with Crippen molar-refractivity contribution in [1.82, 2.24) is 15.1 Å². The summed E-state index contributed by atoms with van der Waals surface area (Å²) in [5.74, 6) is -0.675. The number of amides is 4. The average molecular weight is 390 g/mol. The average Bonchev–Trinajstić information content (AvgIpc) is 2.88. The van der Waals surface area contributed by atoms with Crippen LogP contribution in [0, 0.1) is 0 Å². The maximum absolute atomic E-state index is 13.0. The van der Waals surface area contributed by atoms with Crippen molar-refractivity contribution in [3.63, 3.8) is 0 Å². The molecule has 1 aliphatic heterocycles. The van der Waals surface area contributed by atoms with Gasteiger partial charge in [0.2, 0.25) is 5.91 Å². The summed E-state index contributed by atoms with van der Waals surface area (Å²) in [6.45, 7) is 3.79. The highest BCUT2D eigenvalue weighted by Crippen LogP contribution is 2.30. The summed E-state index contributed by atoms with van der Waals surface area (Å²) in [7, 11) is 0. The molecule has 1 saturated heterocycles. The molecule has 1 atom stereocenters. The lowest BCUT2D eigenvalue weighted by molar-refractivity contribution is -0.138. The molecule has 4 amide bonds. The van der Waals surface area contributed by atoms with Crippen LogP contribution in [0.3, 0.4) is 0 Å². The summed E-state index contributed by atoms with van der Waals surface area (Å²) in [6.07, 6.45) is 6.06. The minimum atomic E-state index is -1.21. The molecule has 6 nitrogen and oxygen atoms in total. The second-order valence-corrected chi connectivity index (χ2v) is 7.47. The number of nitrogens with zero attached hydrogens (tertiary/aromatic N) is 2. The Hall–Kier alpha value is -2.34. The van der Waals surface area contributed by atoms with Gasteiger partial charge in [-0.1, -0.05) is 29.8 Å². The first-order chi connectivity index (χ1) is 12.9. The van der Waals surface area contributed by atoms with E-state index < -0.39 is 17.5 Å². The number of likely N-dealkylation sites (N-methyl/N-ethyl adjacent to an activating group) is 1. The van der Waals surface area contributed by atoms with E-state index in [4.69, 9.17) is 11.6 Å². The zero-order chi connectivity index (χ0) is 19.6. The first-order valence-electron chi connectivity index (χ1n) is 9.26. The van der Waals surface area contributed by atoms with Gasteiger partial charge in [0.25, 0.3) is 5.91 Å². The van der Waals surface area contributed by atoms with Crippen molar-refractivity contribution in [2.24, 2.45) is 0 Å². The highest BCUT2D eigenvalue weighted by molar-refractivity contribution is 6.30. The highest BCUT2D eigenvalue weighted by Gasteiger charge is 2.49. The molecule has 1 aliphatic carbocycles. The standard InChI is InChI=1S/C20H24ClN3O3/c1-3-23(16-7-5-4-6-8-16)17(25)13-24-18(26)20(2,22-19(24)27)14-9-11-15(21)12-10-14/h7,9-12H,3-6,8,13H2,1-2H3,(H,22,27)/t20-/m1/s1. The number of allylic oxidation sites excluding steroid dienone is 2. The minimum absolute atomic E-state index is 0.241. The largest absolute Gasteiger partial charge is 0.325 e.